The van der Waals surface area contributed by atoms with Gasteiger partial charge in [0.1, 0.15) is 0 Å². The molecule has 0 saturated carbocycles. The van der Waals surface area contributed by atoms with Gasteiger partial charge >= 0.3 is 5.97 Å². The fraction of sp³-hybridized carbons (Fsp3) is 0.160. The van der Waals surface area contributed by atoms with Crippen LogP contribution in [-0.4, -0.2) is 27.9 Å². The zero-order valence-electron chi connectivity index (χ0n) is 17.6. The van der Waals surface area contributed by atoms with Crippen molar-refractivity contribution in [1.29, 1.82) is 0 Å². The molecular formula is C25H21ClN2O4. The van der Waals surface area contributed by atoms with Crippen LogP contribution in [0.2, 0.25) is 5.02 Å². The van der Waals surface area contributed by atoms with Crippen molar-refractivity contribution in [3.63, 3.8) is 0 Å². The molecule has 0 aliphatic carbocycles. The van der Waals surface area contributed by atoms with Crippen LogP contribution in [0, 0.1) is 13.8 Å². The van der Waals surface area contributed by atoms with E-state index in [2.05, 4.69) is 4.98 Å². The number of esters is 1. The average molecular weight is 449 g/mol. The van der Waals surface area contributed by atoms with Crippen molar-refractivity contribution in [1.82, 2.24) is 9.55 Å². The van der Waals surface area contributed by atoms with Crippen LogP contribution in [0.15, 0.2) is 65.5 Å². The molecule has 0 amide bonds. The number of nitrogens with zero attached hydrogens (tertiary/aromatic N) is 1. The van der Waals surface area contributed by atoms with Crippen LogP contribution in [0.1, 0.15) is 37.7 Å². The summed E-state index contributed by atoms with van der Waals surface area (Å²) < 4.78 is 7.28. The molecule has 2 aromatic carbocycles. The van der Waals surface area contributed by atoms with Gasteiger partial charge in [0.05, 0.1) is 5.56 Å². The molecule has 4 aromatic rings. The summed E-state index contributed by atoms with van der Waals surface area (Å²) in [7, 11) is 0. The molecule has 0 bridgehead atoms. The molecule has 0 aliphatic heterocycles. The Bertz CT molecular complexity index is 1400. The van der Waals surface area contributed by atoms with E-state index in [-0.39, 0.29) is 11.3 Å². The number of carbonyl (C=O) groups excluding carboxylic acids is 2. The summed E-state index contributed by atoms with van der Waals surface area (Å²) in [6, 6.07) is 17.5. The first-order valence-corrected chi connectivity index (χ1v) is 10.5. The minimum Gasteiger partial charge on any atom is -0.454 e. The SMILES string of the molecule is Cc1cc(C(=O)COC(=O)c2cc(=O)[nH]c3ccccc23)c(C)n1Cc1ccccc1Cl. The normalized spacial score (nSPS) is 11.0. The van der Waals surface area contributed by atoms with Gasteiger partial charge in [0.25, 0.3) is 0 Å². The summed E-state index contributed by atoms with van der Waals surface area (Å²) in [5.41, 5.74) is 3.34. The van der Waals surface area contributed by atoms with Gasteiger partial charge in [-0.05, 0) is 37.6 Å². The number of rotatable bonds is 6. The Morgan fingerprint density at radius 1 is 1.00 bits per heavy atom. The first-order chi connectivity index (χ1) is 15.3. The minimum absolute atomic E-state index is 0.126. The third-order valence-electron chi connectivity index (χ3n) is 5.47. The molecule has 0 fully saturated rings. The number of H-pyrrole nitrogens is 1. The zero-order chi connectivity index (χ0) is 22.8. The standard InChI is InChI=1S/C25H21ClN2O4/c1-15-11-19(16(2)28(15)13-17-7-3-5-9-21(17)26)23(29)14-32-25(31)20-12-24(30)27-22-10-6-4-8-18(20)22/h3-12H,13-14H2,1-2H3,(H,27,30). The van der Waals surface area contributed by atoms with Gasteiger partial charge in [0.15, 0.2) is 6.61 Å². The lowest BCUT2D eigenvalue weighted by Gasteiger charge is -2.11. The van der Waals surface area contributed by atoms with Gasteiger partial charge in [-0.15, -0.1) is 0 Å². The Kier molecular flexibility index (Phi) is 5.97. The Labute approximate surface area is 189 Å². The molecule has 0 saturated heterocycles. The van der Waals surface area contributed by atoms with Crippen molar-refractivity contribution in [2.24, 2.45) is 0 Å². The number of nitrogens with one attached hydrogen (secondary N) is 1. The molecule has 6 nitrogen and oxygen atoms in total. The Morgan fingerprint density at radius 2 is 1.72 bits per heavy atom. The molecule has 0 spiro atoms. The second-order valence-electron chi connectivity index (χ2n) is 7.55. The molecule has 32 heavy (non-hydrogen) atoms. The number of Topliss-reactive ketones (excluding diaryl/α,β-unsaturated/α-hetero) is 1. The molecule has 1 N–H and O–H groups in total. The highest BCUT2D eigenvalue weighted by Gasteiger charge is 2.19. The molecule has 2 heterocycles. The zero-order valence-corrected chi connectivity index (χ0v) is 18.4. The molecule has 0 atom stereocenters. The Hall–Kier alpha value is -3.64. The number of aromatic nitrogens is 2. The number of halogens is 1. The van der Waals surface area contributed by atoms with Gasteiger partial charge in [-0.1, -0.05) is 48.0 Å². The molecule has 162 valence electrons. The summed E-state index contributed by atoms with van der Waals surface area (Å²) in [6.07, 6.45) is 0. The molecule has 2 aromatic heterocycles. The third-order valence-corrected chi connectivity index (χ3v) is 5.83. The van der Waals surface area contributed by atoms with E-state index >= 15 is 0 Å². The van der Waals surface area contributed by atoms with Crippen molar-refractivity contribution >= 4 is 34.3 Å². The van der Waals surface area contributed by atoms with Crippen LogP contribution in [0.4, 0.5) is 0 Å². The van der Waals surface area contributed by atoms with E-state index in [9.17, 15) is 14.4 Å². The average Bonchev–Trinajstić information content (AvgIpc) is 3.06. The molecular weight excluding hydrogens is 428 g/mol. The summed E-state index contributed by atoms with van der Waals surface area (Å²) in [5.74, 6) is -1.03. The molecule has 0 radical (unpaired) electrons. The largest absolute Gasteiger partial charge is 0.454 e. The van der Waals surface area contributed by atoms with E-state index in [1.165, 1.54) is 6.07 Å². The highest BCUT2D eigenvalue weighted by atomic mass is 35.5. The van der Waals surface area contributed by atoms with Crippen molar-refractivity contribution in [2.45, 2.75) is 20.4 Å². The van der Waals surface area contributed by atoms with Crippen LogP contribution in [0.5, 0.6) is 0 Å². The second kappa shape index (κ2) is 8.85. The molecule has 4 rings (SSSR count). The Morgan fingerprint density at radius 3 is 2.50 bits per heavy atom. The second-order valence-corrected chi connectivity index (χ2v) is 7.96. The summed E-state index contributed by atoms with van der Waals surface area (Å²) in [6.45, 7) is 3.87. The lowest BCUT2D eigenvalue weighted by Crippen LogP contribution is -2.17. The van der Waals surface area contributed by atoms with Crippen LogP contribution < -0.4 is 5.56 Å². The van der Waals surface area contributed by atoms with E-state index in [1.807, 2.05) is 42.7 Å². The predicted octanol–water partition coefficient (Wildman–Crippen LogP) is 4.69. The number of benzene rings is 2. The fourth-order valence-corrected chi connectivity index (χ4v) is 3.98. The van der Waals surface area contributed by atoms with Crippen molar-refractivity contribution in [3.8, 4) is 0 Å². The molecule has 0 unspecified atom stereocenters. The smallest absolute Gasteiger partial charge is 0.339 e. The lowest BCUT2D eigenvalue weighted by atomic mass is 10.1. The number of ketones is 1. The maximum Gasteiger partial charge on any atom is 0.339 e. The molecule has 0 aliphatic rings. The maximum absolute atomic E-state index is 12.8. The predicted molar refractivity (Wildman–Crippen MR) is 124 cm³/mol. The monoisotopic (exact) mass is 448 g/mol. The number of fused-ring (bicyclic) bond motifs is 1. The van der Waals surface area contributed by atoms with Crippen LogP contribution in [-0.2, 0) is 11.3 Å². The number of pyridine rings is 1. The van der Waals surface area contributed by atoms with Gasteiger partial charge in [-0.2, -0.15) is 0 Å². The third kappa shape index (κ3) is 4.22. The van der Waals surface area contributed by atoms with E-state index in [4.69, 9.17) is 16.3 Å². The van der Waals surface area contributed by atoms with Gasteiger partial charge in [0.2, 0.25) is 11.3 Å². The van der Waals surface area contributed by atoms with E-state index < -0.39 is 18.1 Å². The molecule has 7 heteroatoms. The fourth-order valence-electron chi connectivity index (χ4n) is 3.78. The number of aromatic amines is 1. The lowest BCUT2D eigenvalue weighted by molar-refractivity contribution is 0.0476. The highest BCUT2D eigenvalue weighted by Crippen LogP contribution is 2.22. The first kappa shape index (κ1) is 21.6. The van der Waals surface area contributed by atoms with Gasteiger partial charge in [0, 0.05) is 45.5 Å². The number of hydrogen-bond donors (Lipinski definition) is 1. The van der Waals surface area contributed by atoms with E-state index in [0.717, 1.165) is 17.0 Å². The van der Waals surface area contributed by atoms with E-state index in [1.54, 1.807) is 30.3 Å². The van der Waals surface area contributed by atoms with Crippen LogP contribution >= 0.6 is 11.6 Å². The quantitative estimate of drug-likeness (QED) is 0.343. The highest BCUT2D eigenvalue weighted by molar-refractivity contribution is 6.31. The number of aryl methyl sites for hydroxylation is 1. The van der Waals surface area contributed by atoms with Crippen molar-refractivity contribution < 1.29 is 14.3 Å². The van der Waals surface area contributed by atoms with E-state index in [0.29, 0.717) is 28.0 Å². The van der Waals surface area contributed by atoms with Crippen LogP contribution in [0.25, 0.3) is 10.9 Å². The van der Waals surface area contributed by atoms with Crippen molar-refractivity contribution in [2.75, 3.05) is 6.61 Å². The number of para-hydroxylation sites is 1. The first-order valence-electron chi connectivity index (χ1n) is 10.1. The summed E-state index contributed by atoms with van der Waals surface area (Å²) >= 11 is 6.28. The van der Waals surface area contributed by atoms with Gasteiger partial charge < -0.3 is 14.3 Å². The van der Waals surface area contributed by atoms with Gasteiger partial charge in [-0.3, -0.25) is 9.59 Å². The Balaban J connectivity index is 1.52. The summed E-state index contributed by atoms with van der Waals surface area (Å²) in [4.78, 5) is 40.0. The van der Waals surface area contributed by atoms with Crippen molar-refractivity contribution in [3.05, 3.63) is 104 Å². The summed E-state index contributed by atoms with van der Waals surface area (Å²) in [5, 5.41) is 1.22. The minimum atomic E-state index is -0.717. The van der Waals surface area contributed by atoms with Crippen LogP contribution in [0.3, 0.4) is 0 Å². The number of ether oxygens (including phenoxy) is 1. The van der Waals surface area contributed by atoms with Gasteiger partial charge in [-0.25, -0.2) is 4.79 Å². The number of carbonyl (C=O) groups is 2. The maximum atomic E-state index is 12.8. The topological polar surface area (TPSA) is 81.2 Å². The number of hydrogen-bond acceptors (Lipinski definition) is 4.